The molecule has 0 heterocycles. The summed E-state index contributed by atoms with van der Waals surface area (Å²) in [6.45, 7) is 2.02. The maximum atomic E-state index is 13.8. The van der Waals surface area contributed by atoms with E-state index in [1.54, 1.807) is 13.0 Å². The lowest BCUT2D eigenvalue weighted by Crippen LogP contribution is -2.05. The van der Waals surface area contributed by atoms with Gasteiger partial charge >= 0.3 is 0 Å². The summed E-state index contributed by atoms with van der Waals surface area (Å²) in [6, 6.07) is 6.74. The van der Waals surface area contributed by atoms with Crippen molar-refractivity contribution in [2.75, 3.05) is 11.9 Å². The molecule has 1 N–H and O–H groups in total. The van der Waals surface area contributed by atoms with Crippen LogP contribution in [0.5, 0.6) is 5.75 Å². The molecule has 2 nitrogen and oxygen atoms in total. The van der Waals surface area contributed by atoms with Gasteiger partial charge in [-0.2, -0.15) is 0 Å². The fraction of sp³-hybridized carbons (Fsp3) is 0.200. The Balaban J connectivity index is 2.14. The number of benzene rings is 2. The van der Waals surface area contributed by atoms with E-state index in [0.29, 0.717) is 12.3 Å². The summed E-state index contributed by atoms with van der Waals surface area (Å²) in [7, 11) is 0. The summed E-state index contributed by atoms with van der Waals surface area (Å²) in [5, 5.41) is 2.78. The van der Waals surface area contributed by atoms with Crippen molar-refractivity contribution in [3.05, 3.63) is 57.8 Å². The highest BCUT2D eigenvalue weighted by Gasteiger charge is 2.12. The molecule has 21 heavy (non-hydrogen) atoms. The van der Waals surface area contributed by atoms with Gasteiger partial charge in [0, 0.05) is 23.9 Å². The monoisotopic (exact) mass is 359 g/mol. The highest BCUT2D eigenvalue weighted by Crippen LogP contribution is 2.24. The molecule has 0 bridgehead atoms. The minimum atomic E-state index is -0.672. The van der Waals surface area contributed by atoms with E-state index in [9.17, 15) is 13.2 Å². The Bertz CT molecular complexity index is 649. The van der Waals surface area contributed by atoms with Crippen molar-refractivity contribution in [1.29, 1.82) is 0 Å². The molecule has 2 rings (SSSR count). The summed E-state index contributed by atoms with van der Waals surface area (Å²) < 4.78 is 46.3. The van der Waals surface area contributed by atoms with Crippen LogP contribution < -0.4 is 10.1 Å². The quantitative estimate of drug-likeness (QED) is 0.768. The Labute approximate surface area is 129 Å². The van der Waals surface area contributed by atoms with Gasteiger partial charge in [-0.1, -0.05) is 0 Å². The normalized spacial score (nSPS) is 10.5. The minimum Gasteiger partial charge on any atom is -0.491 e. The molecule has 0 atom stereocenters. The Kier molecular flexibility index (Phi) is 5.12. The summed E-state index contributed by atoms with van der Waals surface area (Å²) in [5.41, 5.74) is 0.299. The first kappa shape index (κ1) is 15.7. The van der Waals surface area contributed by atoms with Gasteiger partial charge in [0.1, 0.15) is 11.6 Å². The van der Waals surface area contributed by atoms with Crippen molar-refractivity contribution >= 4 is 21.6 Å². The number of rotatable bonds is 5. The van der Waals surface area contributed by atoms with Crippen LogP contribution in [0.1, 0.15) is 12.5 Å². The van der Waals surface area contributed by atoms with Crippen molar-refractivity contribution in [3.63, 3.8) is 0 Å². The largest absolute Gasteiger partial charge is 0.491 e. The van der Waals surface area contributed by atoms with Crippen molar-refractivity contribution in [1.82, 2.24) is 0 Å². The van der Waals surface area contributed by atoms with E-state index < -0.39 is 17.5 Å². The molecule has 2 aromatic carbocycles. The van der Waals surface area contributed by atoms with Crippen LogP contribution >= 0.6 is 15.9 Å². The third-order valence-corrected chi connectivity index (χ3v) is 3.45. The van der Waals surface area contributed by atoms with Gasteiger partial charge in [-0.3, -0.25) is 0 Å². The van der Waals surface area contributed by atoms with Crippen LogP contribution in [0, 0.1) is 17.5 Å². The zero-order chi connectivity index (χ0) is 15.4. The third kappa shape index (κ3) is 3.69. The predicted molar refractivity (Wildman–Crippen MR) is 79.0 cm³/mol. The molecule has 0 aliphatic rings. The highest BCUT2D eigenvalue weighted by atomic mass is 79.9. The first-order valence-corrected chi connectivity index (χ1v) is 7.10. The number of ether oxygens (including phenoxy) is 1. The molecule has 0 aliphatic carbocycles. The Hall–Kier alpha value is -1.69. The van der Waals surface area contributed by atoms with Gasteiger partial charge in [0.05, 0.1) is 11.1 Å². The van der Waals surface area contributed by atoms with Gasteiger partial charge in [-0.05, 0) is 47.1 Å². The van der Waals surface area contributed by atoms with Crippen LogP contribution in [0.15, 0.2) is 34.8 Å². The first-order valence-electron chi connectivity index (χ1n) is 6.31. The summed E-state index contributed by atoms with van der Waals surface area (Å²) >= 11 is 3.00. The summed E-state index contributed by atoms with van der Waals surface area (Å²) in [6.07, 6.45) is 0. The van der Waals surface area contributed by atoms with Crippen molar-refractivity contribution < 1.29 is 17.9 Å². The highest BCUT2D eigenvalue weighted by molar-refractivity contribution is 9.10. The van der Waals surface area contributed by atoms with Crippen LogP contribution in [-0.4, -0.2) is 6.61 Å². The molecule has 0 aliphatic heterocycles. The number of hydrogen-bond acceptors (Lipinski definition) is 2. The average molecular weight is 360 g/mol. The lowest BCUT2D eigenvalue weighted by molar-refractivity contribution is 0.321. The molecule has 0 saturated heterocycles. The second-order valence-electron chi connectivity index (χ2n) is 4.25. The third-order valence-electron chi connectivity index (χ3n) is 2.84. The Morgan fingerprint density at radius 2 is 1.86 bits per heavy atom. The van der Waals surface area contributed by atoms with Gasteiger partial charge in [-0.25, -0.2) is 13.2 Å². The molecule has 0 saturated carbocycles. The fourth-order valence-electron chi connectivity index (χ4n) is 1.80. The van der Waals surface area contributed by atoms with Gasteiger partial charge < -0.3 is 10.1 Å². The number of nitrogens with one attached hydrogen (secondary N) is 1. The zero-order valence-electron chi connectivity index (χ0n) is 11.2. The number of halogens is 4. The SMILES string of the molecule is CCOc1ccc(NCc2c(F)ccc(Br)c2F)cc1F. The summed E-state index contributed by atoms with van der Waals surface area (Å²) in [4.78, 5) is 0. The van der Waals surface area contributed by atoms with E-state index in [1.807, 2.05) is 0 Å². The zero-order valence-corrected chi connectivity index (χ0v) is 12.8. The Morgan fingerprint density at radius 3 is 2.52 bits per heavy atom. The van der Waals surface area contributed by atoms with E-state index in [2.05, 4.69) is 21.2 Å². The number of anilines is 1. The van der Waals surface area contributed by atoms with Gasteiger partial charge in [0.2, 0.25) is 0 Å². The first-order chi connectivity index (χ1) is 10.0. The fourth-order valence-corrected chi connectivity index (χ4v) is 2.18. The van der Waals surface area contributed by atoms with Crippen molar-refractivity contribution in [2.24, 2.45) is 0 Å². The molecule has 112 valence electrons. The van der Waals surface area contributed by atoms with Crippen molar-refractivity contribution in [2.45, 2.75) is 13.5 Å². The average Bonchev–Trinajstić information content (AvgIpc) is 2.46. The van der Waals surface area contributed by atoms with E-state index in [-0.39, 0.29) is 22.3 Å². The maximum absolute atomic E-state index is 13.8. The minimum absolute atomic E-state index is 0.0927. The van der Waals surface area contributed by atoms with E-state index in [1.165, 1.54) is 24.3 Å². The maximum Gasteiger partial charge on any atom is 0.167 e. The van der Waals surface area contributed by atoms with E-state index >= 15 is 0 Å². The smallest absolute Gasteiger partial charge is 0.167 e. The molecule has 0 fully saturated rings. The van der Waals surface area contributed by atoms with E-state index in [0.717, 1.165) is 0 Å². The standard InChI is InChI=1S/C15H13BrF3NO/c1-2-21-14-6-3-9(7-13(14)18)20-8-10-12(17)5-4-11(16)15(10)19/h3-7,20H,2,8H2,1H3. The molecule has 0 spiro atoms. The Morgan fingerprint density at radius 1 is 1.10 bits per heavy atom. The van der Waals surface area contributed by atoms with Gasteiger partial charge in [0.25, 0.3) is 0 Å². The topological polar surface area (TPSA) is 21.3 Å². The van der Waals surface area contributed by atoms with Crippen molar-refractivity contribution in [3.8, 4) is 5.75 Å². The second kappa shape index (κ2) is 6.85. The number of hydrogen-bond donors (Lipinski definition) is 1. The van der Waals surface area contributed by atoms with Crippen LogP contribution in [0.25, 0.3) is 0 Å². The van der Waals surface area contributed by atoms with E-state index in [4.69, 9.17) is 4.74 Å². The molecular formula is C15H13BrF3NO. The molecular weight excluding hydrogens is 347 g/mol. The van der Waals surface area contributed by atoms with Crippen LogP contribution in [-0.2, 0) is 6.54 Å². The second-order valence-corrected chi connectivity index (χ2v) is 5.11. The van der Waals surface area contributed by atoms with Crippen LogP contribution in [0.4, 0.5) is 18.9 Å². The molecule has 0 unspecified atom stereocenters. The van der Waals surface area contributed by atoms with Crippen LogP contribution in [0.3, 0.4) is 0 Å². The van der Waals surface area contributed by atoms with Gasteiger partial charge in [-0.15, -0.1) is 0 Å². The van der Waals surface area contributed by atoms with Gasteiger partial charge in [0.15, 0.2) is 11.6 Å². The lowest BCUT2D eigenvalue weighted by Gasteiger charge is -2.11. The molecule has 6 heteroatoms. The molecule has 2 aromatic rings. The lowest BCUT2D eigenvalue weighted by atomic mass is 10.2. The molecule has 0 aromatic heterocycles. The molecule has 0 amide bonds. The summed E-state index contributed by atoms with van der Waals surface area (Å²) in [5.74, 6) is -1.72. The van der Waals surface area contributed by atoms with Crippen LogP contribution in [0.2, 0.25) is 0 Å². The predicted octanol–water partition coefficient (Wildman–Crippen LogP) is 4.88. The molecule has 0 radical (unpaired) electrons.